The van der Waals surface area contributed by atoms with Gasteiger partial charge in [0.15, 0.2) is 0 Å². The molecule has 2 rings (SSSR count). The van der Waals surface area contributed by atoms with Crippen LogP contribution in [0.25, 0.3) is 0 Å². The summed E-state index contributed by atoms with van der Waals surface area (Å²) in [5, 5.41) is 1.28. The first kappa shape index (κ1) is 10.0. The summed E-state index contributed by atoms with van der Waals surface area (Å²) in [5.74, 6) is 0.777. The average Bonchev–Trinajstić information content (AvgIpc) is 2.79. The van der Waals surface area contributed by atoms with Gasteiger partial charge in [0.1, 0.15) is 5.78 Å². The maximum Gasteiger partial charge on any atom is 0.133 e. The van der Waals surface area contributed by atoms with Gasteiger partial charge in [-0.1, -0.05) is 23.2 Å². The molecule has 1 aliphatic rings. The van der Waals surface area contributed by atoms with E-state index >= 15 is 0 Å². The van der Waals surface area contributed by atoms with Crippen LogP contribution < -0.4 is 0 Å². The zero-order chi connectivity index (χ0) is 10.3. The van der Waals surface area contributed by atoms with Gasteiger partial charge in [-0.2, -0.15) is 0 Å². The number of ketones is 1. The number of hydrogen-bond acceptors (Lipinski definition) is 1. The van der Waals surface area contributed by atoms with Crippen LogP contribution in [0.4, 0.5) is 0 Å². The molecule has 0 N–H and O–H groups in total. The minimum absolute atomic E-state index is 0.185. The third-order valence-corrected chi connectivity index (χ3v) is 3.06. The van der Waals surface area contributed by atoms with Crippen molar-refractivity contribution in [3.05, 3.63) is 33.8 Å². The molecule has 0 bridgehead atoms. The van der Waals surface area contributed by atoms with E-state index in [9.17, 15) is 4.79 Å². The highest BCUT2D eigenvalue weighted by Crippen LogP contribution is 2.48. The van der Waals surface area contributed by atoms with Crippen molar-refractivity contribution in [1.29, 1.82) is 0 Å². The van der Waals surface area contributed by atoms with E-state index in [1.165, 1.54) is 0 Å². The molecule has 0 aliphatic heterocycles. The van der Waals surface area contributed by atoms with Gasteiger partial charge in [0.05, 0.1) is 0 Å². The maximum atomic E-state index is 11.1. The van der Waals surface area contributed by atoms with Gasteiger partial charge in [0, 0.05) is 16.0 Å². The number of Topliss-reactive ketones (excluding diaryl/α,β-unsaturated/α-hetero) is 1. The summed E-state index contributed by atoms with van der Waals surface area (Å²) in [6.07, 6.45) is 0.937. The Morgan fingerprint density at radius 1 is 1.29 bits per heavy atom. The predicted octanol–water partition coefficient (Wildman–Crippen LogP) is 3.69. The fourth-order valence-corrected chi connectivity index (χ4v) is 2.34. The summed E-state index contributed by atoms with van der Waals surface area (Å²) < 4.78 is 0. The van der Waals surface area contributed by atoms with Crippen LogP contribution in [0, 0.1) is 5.92 Å². The molecule has 0 amide bonds. The zero-order valence-corrected chi connectivity index (χ0v) is 9.27. The van der Waals surface area contributed by atoms with Gasteiger partial charge in [0.25, 0.3) is 0 Å². The summed E-state index contributed by atoms with van der Waals surface area (Å²) >= 11 is 11.8. The molecule has 2 atom stereocenters. The smallest absolute Gasteiger partial charge is 0.133 e. The molecule has 1 saturated carbocycles. The van der Waals surface area contributed by atoms with Gasteiger partial charge in [-0.05, 0) is 43.0 Å². The summed E-state index contributed by atoms with van der Waals surface area (Å²) in [6.45, 7) is 1.64. The van der Waals surface area contributed by atoms with Gasteiger partial charge in [0.2, 0.25) is 0 Å². The van der Waals surface area contributed by atoms with E-state index in [-0.39, 0.29) is 11.7 Å². The highest BCUT2D eigenvalue weighted by molar-refractivity contribution is 6.34. The molecule has 14 heavy (non-hydrogen) atoms. The molecular weight excluding hydrogens is 219 g/mol. The SMILES string of the molecule is CC(=O)[C@H]1C[C@@H]1c1cc(Cl)cc(Cl)c1. The Bertz CT molecular complexity index is 367. The normalized spacial score (nSPS) is 24.8. The molecule has 0 aromatic heterocycles. The van der Waals surface area contributed by atoms with Crippen molar-refractivity contribution in [3.8, 4) is 0 Å². The van der Waals surface area contributed by atoms with E-state index < -0.39 is 0 Å². The maximum absolute atomic E-state index is 11.1. The lowest BCUT2D eigenvalue weighted by atomic mass is 10.1. The van der Waals surface area contributed by atoms with Gasteiger partial charge in [-0.25, -0.2) is 0 Å². The third-order valence-electron chi connectivity index (χ3n) is 2.63. The van der Waals surface area contributed by atoms with Crippen molar-refractivity contribution in [2.45, 2.75) is 19.3 Å². The van der Waals surface area contributed by atoms with Crippen molar-refractivity contribution in [2.75, 3.05) is 0 Å². The standard InChI is InChI=1S/C11H10Cl2O/c1-6(14)10-5-11(10)7-2-8(12)4-9(13)3-7/h2-4,10-11H,5H2,1H3/t10-,11-/m1/s1. The van der Waals surface area contributed by atoms with Gasteiger partial charge in [-0.15, -0.1) is 0 Å². The van der Waals surface area contributed by atoms with Crippen LogP contribution in [-0.2, 0) is 4.79 Å². The van der Waals surface area contributed by atoms with Crippen molar-refractivity contribution in [3.63, 3.8) is 0 Å². The minimum Gasteiger partial charge on any atom is -0.300 e. The van der Waals surface area contributed by atoms with Gasteiger partial charge in [-0.3, -0.25) is 4.79 Å². The lowest BCUT2D eigenvalue weighted by Crippen LogP contribution is -1.94. The molecule has 3 heteroatoms. The lowest BCUT2D eigenvalue weighted by Gasteiger charge is -2.01. The van der Waals surface area contributed by atoms with E-state index in [0.29, 0.717) is 16.0 Å². The highest BCUT2D eigenvalue weighted by Gasteiger charge is 2.41. The molecule has 0 heterocycles. The quantitative estimate of drug-likeness (QED) is 0.755. The summed E-state index contributed by atoms with van der Waals surface area (Å²) in [5.41, 5.74) is 1.09. The fraction of sp³-hybridized carbons (Fsp3) is 0.364. The topological polar surface area (TPSA) is 17.1 Å². The van der Waals surface area contributed by atoms with Gasteiger partial charge >= 0.3 is 0 Å². The Morgan fingerprint density at radius 3 is 2.29 bits per heavy atom. The van der Waals surface area contributed by atoms with Crippen molar-refractivity contribution < 1.29 is 4.79 Å². The zero-order valence-electron chi connectivity index (χ0n) is 7.76. The Labute approximate surface area is 93.0 Å². The second kappa shape index (κ2) is 3.56. The largest absolute Gasteiger partial charge is 0.300 e. The number of rotatable bonds is 2. The first-order chi connectivity index (χ1) is 6.58. The molecule has 1 aromatic rings. The second-order valence-corrected chi connectivity index (χ2v) is 4.63. The lowest BCUT2D eigenvalue weighted by molar-refractivity contribution is -0.118. The molecule has 0 unspecified atom stereocenters. The molecule has 1 fully saturated rings. The number of carbonyl (C=O) groups is 1. The van der Waals surface area contributed by atoms with E-state index in [0.717, 1.165) is 12.0 Å². The van der Waals surface area contributed by atoms with Crippen LogP contribution in [0.1, 0.15) is 24.8 Å². The predicted molar refractivity (Wildman–Crippen MR) is 58.0 cm³/mol. The monoisotopic (exact) mass is 228 g/mol. The number of benzene rings is 1. The number of hydrogen-bond donors (Lipinski definition) is 0. The molecule has 1 aromatic carbocycles. The minimum atomic E-state index is 0.185. The van der Waals surface area contributed by atoms with Crippen molar-refractivity contribution in [2.24, 2.45) is 5.92 Å². The van der Waals surface area contributed by atoms with E-state index in [4.69, 9.17) is 23.2 Å². The first-order valence-electron chi connectivity index (χ1n) is 4.54. The van der Waals surface area contributed by atoms with Crippen LogP contribution in [0.3, 0.4) is 0 Å². The van der Waals surface area contributed by atoms with Crippen LogP contribution in [0.2, 0.25) is 10.0 Å². The second-order valence-electron chi connectivity index (χ2n) is 3.76. The number of halogens is 2. The fourth-order valence-electron chi connectivity index (χ4n) is 1.80. The summed E-state index contributed by atoms with van der Waals surface area (Å²) in [4.78, 5) is 11.1. The molecular formula is C11H10Cl2O. The summed E-state index contributed by atoms with van der Waals surface area (Å²) in [6, 6.07) is 5.49. The van der Waals surface area contributed by atoms with Crippen LogP contribution in [0.15, 0.2) is 18.2 Å². The Balaban J connectivity index is 2.23. The summed E-state index contributed by atoms with van der Waals surface area (Å²) in [7, 11) is 0. The first-order valence-corrected chi connectivity index (χ1v) is 5.30. The molecule has 1 aliphatic carbocycles. The van der Waals surface area contributed by atoms with E-state index in [1.54, 1.807) is 13.0 Å². The average molecular weight is 229 g/mol. The Hall–Kier alpha value is -0.530. The molecule has 74 valence electrons. The third kappa shape index (κ3) is 1.94. The molecule has 0 saturated heterocycles. The van der Waals surface area contributed by atoms with Crippen LogP contribution >= 0.6 is 23.2 Å². The highest BCUT2D eigenvalue weighted by atomic mass is 35.5. The van der Waals surface area contributed by atoms with Crippen LogP contribution in [-0.4, -0.2) is 5.78 Å². The van der Waals surface area contributed by atoms with Crippen LogP contribution in [0.5, 0.6) is 0 Å². The van der Waals surface area contributed by atoms with Crippen molar-refractivity contribution >= 4 is 29.0 Å². The Kier molecular flexibility index (Phi) is 2.54. The molecule has 1 nitrogen and oxygen atoms in total. The van der Waals surface area contributed by atoms with Gasteiger partial charge < -0.3 is 0 Å². The molecule has 0 radical (unpaired) electrons. The number of carbonyl (C=O) groups excluding carboxylic acids is 1. The Morgan fingerprint density at radius 2 is 1.86 bits per heavy atom. The van der Waals surface area contributed by atoms with E-state index in [2.05, 4.69) is 0 Å². The van der Waals surface area contributed by atoms with E-state index in [1.807, 2.05) is 12.1 Å². The van der Waals surface area contributed by atoms with Crippen molar-refractivity contribution in [1.82, 2.24) is 0 Å². The molecule has 0 spiro atoms.